The molecule has 0 atom stereocenters. The first-order valence-electron chi connectivity index (χ1n) is 8.83. The first kappa shape index (κ1) is 19.7. The second-order valence-electron chi connectivity index (χ2n) is 6.40. The Hall–Kier alpha value is -3.59. The van der Waals surface area contributed by atoms with E-state index in [1.54, 1.807) is 31.2 Å². The van der Waals surface area contributed by atoms with Gasteiger partial charge in [-0.05, 0) is 36.8 Å². The van der Waals surface area contributed by atoms with Gasteiger partial charge in [-0.25, -0.2) is 13.8 Å². The van der Waals surface area contributed by atoms with Crippen molar-refractivity contribution < 1.29 is 18.3 Å². The SMILES string of the molecule is COc1ccccc1NC(=O)c1sc2nc(-c3c(F)cccc3F)[nH]c(=O)c2c1C. The van der Waals surface area contributed by atoms with Gasteiger partial charge in [0.05, 0.1) is 28.6 Å². The number of amides is 1. The second kappa shape index (κ2) is 7.68. The molecule has 0 bridgehead atoms. The number of para-hydroxylation sites is 2. The minimum atomic E-state index is -0.847. The number of benzene rings is 2. The molecule has 6 nitrogen and oxygen atoms in total. The van der Waals surface area contributed by atoms with Gasteiger partial charge in [0.1, 0.15) is 28.0 Å². The van der Waals surface area contributed by atoms with Crippen LogP contribution in [-0.4, -0.2) is 23.0 Å². The molecule has 0 spiro atoms. The van der Waals surface area contributed by atoms with Crippen LogP contribution >= 0.6 is 11.3 Å². The summed E-state index contributed by atoms with van der Waals surface area (Å²) in [5, 5.41) is 2.95. The van der Waals surface area contributed by atoms with E-state index in [4.69, 9.17) is 4.74 Å². The van der Waals surface area contributed by atoms with E-state index in [0.29, 0.717) is 17.0 Å². The number of carbonyl (C=O) groups is 1. The van der Waals surface area contributed by atoms with Crippen molar-refractivity contribution >= 4 is 33.1 Å². The molecule has 2 aromatic carbocycles. The van der Waals surface area contributed by atoms with E-state index < -0.39 is 28.7 Å². The molecule has 30 heavy (non-hydrogen) atoms. The van der Waals surface area contributed by atoms with E-state index >= 15 is 0 Å². The number of aromatic nitrogens is 2. The van der Waals surface area contributed by atoms with Gasteiger partial charge in [-0.1, -0.05) is 18.2 Å². The number of ether oxygens (including phenoxy) is 1. The van der Waals surface area contributed by atoms with Gasteiger partial charge >= 0.3 is 0 Å². The fraction of sp³-hybridized carbons (Fsp3) is 0.0952. The fourth-order valence-electron chi connectivity index (χ4n) is 3.13. The lowest BCUT2D eigenvalue weighted by Crippen LogP contribution is -2.13. The highest BCUT2D eigenvalue weighted by atomic mass is 32.1. The van der Waals surface area contributed by atoms with Crippen LogP contribution < -0.4 is 15.6 Å². The zero-order valence-corrected chi connectivity index (χ0v) is 16.7. The number of anilines is 1. The van der Waals surface area contributed by atoms with Crippen LogP contribution in [0.5, 0.6) is 5.75 Å². The number of nitrogens with zero attached hydrogens (tertiary/aromatic N) is 1. The van der Waals surface area contributed by atoms with Crippen LogP contribution in [0.1, 0.15) is 15.2 Å². The van der Waals surface area contributed by atoms with Crippen molar-refractivity contribution in [2.45, 2.75) is 6.92 Å². The Labute approximate surface area is 173 Å². The third-order valence-corrected chi connectivity index (χ3v) is 5.75. The van der Waals surface area contributed by atoms with Crippen LogP contribution in [0.3, 0.4) is 0 Å². The Bertz CT molecular complexity index is 1330. The van der Waals surface area contributed by atoms with Crippen molar-refractivity contribution in [2.24, 2.45) is 0 Å². The molecule has 2 N–H and O–H groups in total. The van der Waals surface area contributed by atoms with Crippen molar-refractivity contribution in [1.82, 2.24) is 9.97 Å². The van der Waals surface area contributed by atoms with Crippen LogP contribution in [0.4, 0.5) is 14.5 Å². The topological polar surface area (TPSA) is 84.1 Å². The van der Waals surface area contributed by atoms with Gasteiger partial charge < -0.3 is 15.0 Å². The van der Waals surface area contributed by atoms with Crippen molar-refractivity contribution in [3.63, 3.8) is 0 Å². The fourth-order valence-corrected chi connectivity index (χ4v) is 4.21. The predicted molar refractivity (Wildman–Crippen MR) is 111 cm³/mol. The minimum Gasteiger partial charge on any atom is -0.495 e. The van der Waals surface area contributed by atoms with Gasteiger partial charge in [0.15, 0.2) is 0 Å². The van der Waals surface area contributed by atoms with E-state index in [1.807, 2.05) is 0 Å². The quantitative estimate of drug-likeness (QED) is 0.502. The van der Waals surface area contributed by atoms with Gasteiger partial charge in [0, 0.05) is 0 Å². The molecule has 2 aromatic heterocycles. The maximum Gasteiger partial charge on any atom is 0.266 e. The average Bonchev–Trinajstić information content (AvgIpc) is 3.05. The molecule has 4 aromatic rings. The maximum absolute atomic E-state index is 14.1. The normalized spacial score (nSPS) is 10.9. The lowest BCUT2D eigenvalue weighted by Gasteiger charge is -2.09. The van der Waals surface area contributed by atoms with Crippen molar-refractivity contribution in [2.75, 3.05) is 12.4 Å². The van der Waals surface area contributed by atoms with Gasteiger partial charge in [0.25, 0.3) is 11.5 Å². The van der Waals surface area contributed by atoms with Crippen LogP contribution in [0, 0.1) is 18.6 Å². The Kier molecular flexibility index (Phi) is 5.04. The summed E-state index contributed by atoms with van der Waals surface area (Å²) >= 11 is 0.971. The number of halogens is 2. The predicted octanol–water partition coefficient (Wildman–Crippen LogP) is 4.50. The average molecular weight is 427 g/mol. The van der Waals surface area contributed by atoms with Gasteiger partial charge in [-0.2, -0.15) is 0 Å². The molecule has 0 aliphatic carbocycles. The second-order valence-corrected chi connectivity index (χ2v) is 7.40. The third kappa shape index (κ3) is 3.33. The van der Waals surface area contributed by atoms with E-state index in [2.05, 4.69) is 15.3 Å². The van der Waals surface area contributed by atoms with E-state index in [-0.39, 0.29) is 20.9 Å². The first-order chi connectivity index (χ1) is 14.4. The highest BCUT2D eigenvalue weighted by Crippen LogP contribution is 2.31. The molecular weight excluding hydrogens is 412 g/mol. The van der Waals surface area contributed by atoms with Gasteiger partial charge in [-0.3, -0.25) is 9.59 Å². The molecule has 0 unspecified atom stereocenters. The molecular formula is C21H15F2N3O3S. The first-order valence-corrected chi connectivity index (χ1v) is 9.64. The summed E-state index contributed by atoms with van der Waals surface area (Å²) in [5.41, 5.74) is -0.111. The van der Waals surface area contributed by atoms with E-state index in [1.165, 1.54) is 13.2 Å². The summed E-state index contributed by atoms with van der Waals surface area (Å²) in [6.07, 6.45) is 0. The number of H-pyrrole nitrogens is 1. The molecule has 2 heterocycles. The standard InChI is InChI=1S/C21H15F2N3O3S/c1-10-15-19(27)25-18(16-11(22)6-5-7-12(16)23)26-21(15)30-17(10)20(28)24-13-8-3-4-9-14(13)29-2/h3-9H,1-2H3,(H,24,28)(H,25,26,27). The summed E-state index contributed by atoms with van der Waals surface area (Å²) in [5.74, 6) is -1.89. The number of rotatable bonds is 4. The van der Waals surface area contributed by atoms with Crippen LogP contribution in [0.2, 0.25) is 0 Å². The molecule has 0 radical (unpaired) electrons. The number of hydrogen-bond donors (Lipinski definition) is 2. The monoisotopic (exact) mass is 427 g/mol. The van der Waals surface area contributed by atoms with Crippen LogP contribution in [0.25, 0.3) is 21.6 Å². The minimum absolute atomic E-state index is 0.200. The molecule has 9 heteroatoms. The summed E-state index contributed by atoms with van der Waals surface area (Å²) in [4.78, 5) is 32.6. The molecule has 152 valence electrons. The Morgan fingerprint density at radius 1 is 1.13 bits per heavy atom. The number of thiophene rings is 1. The molecule has 0 aliphatic rings. The number of hydrogen-bond acceptors (Lipinski definition) is 5. The molecule has 0 saturated carbocycles. The number of nitrogens with one attached hydrogen (secondary N) is 2. The number of carbonyl (C=O) groups excluding carboxylic acids is 1. The largest absolute Gasteiger partial charge is 0.495 e. The smallest absolute Gasteiger partial charge is 0.266 e. The van der Waals surface area contributed by atoms with E-state index in [9.17, 15) is 18.4 Å². The molecule has 1 amide bonds. The lowest BCUT2D eigenvalue weighted by molar-refractivity contribution is 0.102. The zero-order chi connectivity index (χ0) is 21.4. The van der Waals surface area contributed by atoms with Crippen molar-refractivity contribution in [3.05, 3.63) is 74.9 Å². The number of fused-ring (bicyclic) bond motifs is 1. The molecule has 4 rings (SSSR count). The number of methoxy groups -OCH3 is 1. The Balaban J connectivity index is 1.80. The van der Waals surface area contributed by atoms with Crippen molar-refractivity contribution in [1.29, 1.82) is 0 Å². The highest BCUT2D eigenvalue weighted by molar-refractivity contribution is 7.20. The maximum atomic E-state index is 14.1. The van der Waals surface area contributed by atoms with Gasteiger partial charge in [0.2, 0.25) is 0 Å². The summed E-state index contributed by atoms with van der Waals surface area (Å²) in [6.45, 7) is 1.62. The van der Waals surface area contributed by atoms with Gasteiger partial charge in [-0.15, -0.1) is 11.3 Å². The van der Waals surface area contributed by atoms with Crippen LogP contribution in [0.15, 0.2) is 47.3 Å². The Morgan fingerprint density at radius 2 is 1.83 bits per heavy atom. The number of aromatic amines is 1. The van der Waals surface area contributed by atoms with Crippen molar-refractivity contribution in [3.8, 4) is 17.1 Å². The lowest BCUT2D eigenvalue weighted by atomic mass is 10.1. The number of aryl methyl sites for hydroxylation is 1. The highest BCUT2D eigenvalue weighted by Gasteiger charge is 2.22. The molecule has 0 fully saturated rings. The summed E-state index contributed by atoms with van der Waals surface area (Å²) in [7, 11) is 1.49. The summed E-state index contributed by atoms with van der Waals surface area (Å²) in [6, 6.07) is 10.3. The summed E-state index contributed by atoms with van der Waals surface area (Å²) < 4.78 is 33.5. The molecule has 0 saturated heterocycles. The van der Waals surface area contributed by atoms with E-state index in [0.717, 1.165) is 23.5 Å². The van der Waals surface area contributed by atoms with Crippen LogP contribution in [-0.2, 0) is 0 Å². The Morgan fingerprint density at radius 3 is 2.53 bits per heavy atom. The molecule has 0 aliphatic heterocycles. The third-order valence-electron chi connectivity index (χ3n) is 4.56. The zero-order valence-electron chi connectivity index (χ0n) is 15.9.